The molecule has 0 aliphatic carbocycles. The fourth-order valence-corrected chi connectivity index (χ4v) is 4.00. The van der Waals surface area contributed by atoms with Crippen molar-refractivity contribution in [1.82, 2.24) is 0 Å². The number of carbonyl (C=O) groups excluding carboxylic acids is 1. The lowest BCUT2D eigenvalue weighted by Crippen LogP contribution is -2.22. The largest absolute Gasteiger partial charge is 0.416 e. The molecule has 0 aliphatic heterocycles. The zero-order valence-corrected chi connectivity index (χ0v) is 18.5. The number of rotatable bonds is 6. The normalized spacial score (nSPS) is 10.8. The van der Waals surface area contributed by atoms with Gasteiger partial charge >= 0.3 is 5.63 Å². The summed E-state index contributed by atoms with van der Waals surface area (Å²) in [6.45, 7) is 7.99. The van der Waals surface area contributed by atoms with Crippen LogP contribution in [0.15, 0.2) is 82.0 Å². The second-order valence-electron chi connectivity index (χ2n) is 7.63. The first-order valence-corrected chi connectivity index (χ1v) is 10.8. The van der Waals surface area contributed by atoms with Gasteiger partial charge in [0.25, 0.3) is 5.91 Å². The number of nitrogens with zero attached hydrogens (tertiary/aromatic N) is 1. The summed E-state index contributed by atoms with van der Waals surface area (Å²) >= 11 is 0. The predicted octanol–water partition coefficient (Wildman–Crippen LogP) is 5.87. The fraction of sp³-hybridized carbons (Fsp3) is 0.185. The minimum Gasteiger partial charge on any atom is -0.416 e. The molecule has 3 aromatic carbocycles. The van der Waals surface area contributed by atoms with Crippen molar-refractivity contribution < 1.29 is 9.21 Å². The number of benzene rings is 3. The smallest absolute Gasteiger partial charge is 0.344 e. The minimum atomic E-state index is -0.529. The van der Waals surface area contributed by atoms with Gasteiger partial charge < -0.3 is 14.6 Å². The summed E-state index contributed by atoms with van der Waals surface area (Å²) in [5, 5.41) is 4.08. The van der Waals surface area contributed by atoms with Gasteiger partial charge in [-0.15, -0.1) is 0 Å². The maximum atomic E-state index is 13.3. The Hall–Kier alpha value is -3.86. The van der Waals surface area contributed by atoms with E-state index in [9.17, 15) is 9.59 Å². The van der Waals surface area contributed by atoms with Crippen LogP contribution in [0, 0.1) is 6.92 Å². The van der Waals surface area contributed by atoms with E-state index in [1.165, 1.54) is 0 Å². The summed E-state index contributed by atoms with van der Waals surface area (Å²) in [5.74, 6) is -0.447. The number of anilines is 2. The van der Waals surface area contributed by atoms with Gasteiger partial charge in [-0.25, -0.2) is 4.79 Å². The summed E-state index contributed by atoms with van der Waals surface area (Å²) in [6, 6.07) is 22.6. The highest BCUT2D eigenvalue weighted by molar-refractivity contribution is 6.12. The predicted molar refractivity (Wildman–Crippen MR) is 131 cm³/mol. The first-order valence-electron chi connectivity index (χ1n) is 10.8. The molecule has 0 spiro atoms. The maximum absolute atomic E-state index is 13.3. The Balaban J connectivity index is 1.79. The number of carbonyl (C=O) groups is 1. The molecular weight excluding hydrogens is 400 g/mol. The van der Waals surface area contributed by atoms with Crippen LogP contribution in [-0.2, 0) is 0 Å². The first kappa shape index (κ1) is 21.4. The Morgan fingerprint density at radius 1 is 0.906 bits per heavy atom. The molecule has 5 nitrogen and oxygen atoms in total. The summed E-state index contributed by atoms with van der Waals surface area (Å²) in [6.07, 6.45) is 0. The molecule has 0 atom stereocenters. The van der Waals surface area contributed by atoms with E-state index >= 15 is 0 Å². The third-order valence-electron chi connectivity index (χ3n) is 5.69. The Bertz CT molecular complexity index is 1320. The monoisotopic (exact) mass is 426 g/mol. The van der Waals surface area contributed by atoms with E-state index < -0.39 is 11.5 Å². The average Bonchev–Trinajstić information content (AvgIpc) is 2.82. The van der Waals surface area contributed by atoms with Crippen molar-refractivity contribution >= 4 is 28.1 Å². The Morgan fingerprint density at radius 3 is 2.22 bits per heavy atom. The van der Waals surface area contributed by atoms with Crippen LogP contribution in [0.25, 0.3) is 21.9 Å². The fourth-order valence-electron chi connectivity index (χ4n) is 4.00. The van der Waals surface area contributed by atoms with Gasteiger partial charge in [-0.1, -0.05) is 48.5 Å². The van der Waals surface area contributed by atoms with E-state index in [-0.39, 0.29) is 5.76 Å². The zero-order chi connectivity index (χ0) is 22.7. The van der Waals surface area contributed by atoms with Crippen molar-refractivity contribution in [1.29, 1.82) is 0 Å². The molecule has 0 aliphatic rings. The highest BCUT2D eigenvalue weighted by Crippen LogP contribution is 2.31. The first-order chi connectivity index (χ1) is 15.5. The molecule has 1 aromatic heterocycles. The van der Waals surface area contributed by atoms with Crippen LogP contribution in [0.1, 0.15) is 30.0 Å². The van der Waals surface area contributed by atoms with Gasteiger partial charge in [0.15, 0.2) is 0 Å². The van der Waals surface area contributed by atoms with Crippen molar-refractivity contribution in [3.05, 3.63) is 94.5 Å². The highest BCUT2D eigenvalue weighted by Gasteiger charge is 2.22. The van der Waals surface area contributed by atoms with Gasteiger partial charge in [-0.05, 0) is 56.2 Å². The second kappa shape index (κ2) is 9.10. The average molecular weight is 427 g/mol. The molecule has 1 amide bonds. The van der Waals surface area contributed by atoms with E-state index in [1.54, 1.807) is 12.1 Å². The minimum absolute atomic E-state index is 0.00659. The Kier molecular flexibility index (Phi) is 6.08. The number of hydrogen-bond acceptors (Lipinski definition) is 4. The number of fused-ring (bicyclic) bond motifs is 1. The molecule has 4 aromatic rings. The zero-order valence-electron chi connectivity index (χ0n) is 18.5. The standard InChI is InChI=1S/C27H26N2O3/c1-4-29(5-2)20-15-16-23(18(3)17-20)28-26(30)25-24(19-11-7-6-8-12-19)21-13-9-10-14-22(21)27(31)32-25/h6-17H,4-5H2,1-3H3,(H,28,30). The molecule has 0 unspecified atom stereocenters. The molecule has 1 N–H and O–H groups in total. The van der Waals surface area contributed by atoms with Crippen molar-refractivity contribution in [2.75, 3.05) is 23.3 Å². The number of hydrogen-bond donors (Lipinski definition) is 1. The van der Waals surface area contributed by atoms with Gasteiger partial charge in [0.05, 0.1) is 5.39 Å². The van der Waals surface area contributed by atoms with Gasteiger partial charge in [0, 0.05) is 35.4 Å². The number of aryl methyl sites for hydroxylation is 1. The lowest BCUT2D eigenvalue weighted by Gasteiger charge is -2.22. The molecule has 0 saturated carbocycles. The molecule has 5 heteroatoms. The lowest BCUT2D eigenvalue weighted by molar-refractivity contribution is 0.0994. The van der Waals surface area contributed by atoms with Crippen LogP contribution in [0.3, 0.4) is 0 Å². The third-order valence-corrected chi connectivity index (χ3v) is 5.69. The van der Waals surface area contributed by atoms with Gasteiger partial charge in [-0.3, -0.25) is 4.79 Å². The van der Waals surface area contributed by atoms with Crippen molar-refractivity contribution in [2.24, 2.45) is 0 Å². The number of nitrogens with one attached hydrogen (secondary N) is 1. The second-order valence-corrected chi connectivity index (χ2v) is 7.63. The third kappa shape index (κ3) is 4.02. The molecule has 0 radical (unpaired) electrons. The SMILES string of the molecule is CCN(CC)c1ccc(NC(=O)c2oc(=O)c3ccccc3c2-c2ccccc2)c(C)c1. The van der Waals surface area contributed by atoms with E-state index in [0.29, 0.717) is 22.0 Å². The van der Waals surface area contributed by atoms with Crippen LogP contribution in [0.2, 0.25) is 0 Å². The van der Waals surface area contributed by atoms with Crippen molar-refractivity contribution in [3.8, 4) is 11.1 Å². The number of amides is 1. The summed E-state index contributed by atoms with van der Waals surface area (Å²) in [7, 11) is 0. The van der Waals surface area contributed by atoms with Gasteiger partial charge in [-0.2, -0.15) is 0 Å². The van der Waals surface area contributed by atoms with E-state index in [4.69, 9.17) is 4.42 Å². The van der Waals surface area contributed by atoms with Crippen LogP contribution in [0.4, 0.5) is 11.4 Å². The van der Waals surface area contributed by atoms with E-state index in [2.05, 4.69) is 30.1 Å². The molecule has 0 bridgehead atoms. The van der Waals surface area contributed by atoms with Crippen LogP contribution >= 0.6 is 0 Å². The lowest BCUT2D eigenvalue weighted by atomic mass is 9.98. The molecule has 32 heavy (non-hydrogen) atoms. The van der Waals surface area contributed by atoms with E-state index in [1.807, 2.05) is 61.5 Å². The summed E-state index contributed by atoms with van der Waals surface area (Å²) < 4.78 is 5.57. The molecular formula is C27H26N2O3. The van der Waals surface area contributed by atoms with Gasteiger partial charge in [0.2, 0.25) is 5.76 Å². The van der Waals surface area contributed by atoms with E-state index in [0.717, 1.165) is 29.9 Å². The van der Waals surface area contributed by atoms with Crippen LogP contribution in [-0.4, -0.2) is 19.0 Å². The summed E-state index contributed by atoms with van der Waals surface area (Å²) in [4.78, 5) is 28.2. The highest BCUT2D eigenvalue weighted by atomic mass is 16.4. The van der Waals surface area contributed by atoms with Crippen molar-refractivity contribution in [3.63, 3.8) is 0 Å². The maximum Gasteiger partial charge on any atom is 0.344 e. The summed E-state index contributed by atoms with van der Waals surface area (Å²) in [5.41, 5.74) is 3.61. The molecule has 0 fully saturated rings. The molecule has 4 rings (SSSR count). The quantitative estimate of drug-likeness (QED) is 0.419. The molecule has 162 valence electrons. The van der Waals surface area contributed by atoms with Crippen molar-refractivity contribution in [2.45, 2.75) is 20.8 Å². The van der Waals surface area contributed by atoms with Crippen LogP contribution in [0.5, 0.6) is 0 Å². The van der Waals surface area contributed by atoms with Gasteiger partial charge in [0.1, 0.15) is 0 Å². The molecule has 0 saturated heterocycles. The Morgan fingerprint density at radius 2 is 1.56 bits per heavy atom. The molecule has 1 heterocycles. The van der Waals surface area contributed by atoms with Crippen LogP contribution < -0.4 is 15.8 Å². The topological polar surface area (TPSA) is 62.6 Å². The Labute approximate surface area is 187 Å².